The van der Waals surface area contributed by atoms with Crippen molar-refractivity contribution in [3.63, 3.8) is 0 Å². The van der Waals surface area contributed by atoms with Gasteiger partial charge in [-0.25, -0.2) is 4.79 Å². The van der Waals surface area contributed by atoms with Crippen molar-refractivity contribution in [3.8, 4) is 0 Å². The first-order valence-electron chi connectivity index (χ1n) is 7.20. The number of benzene rings is 1. The molecule has 0 radical (unpaired) electrons. The molecular weight excluding hydrogens is 270 g/mol. The number of hydrogen-bond donors (Lipinski definition) is 1. The normalized spacial score (nSPS) is 18.0. The van der Waals surface area contributed by atoms with Crippen LogP contribution in [0.2, 0.25) is 0 Å². The third kappa shape index (κ3) is 4.86. The minimum Gasteiger partial charge on any atom is -0.465 e. The van der Waals surface area contributed by atoms with E-state index >= 15 is 0 Å². The quantitative estimate of drug-likeness (QED) is 0.836. The standard InChI is InChI=1S/C16H21NO4/c1-20-16(19)14-6-4-12(5-7-14)9-15(18)17-10-13-3-2-8-21-11-13/h4-7,13H,2-3,8-11H2,1H3,(H,17,18)/t13-/m0/s1. The maximum absolute atomic E-state index is 11.9. The lowest BCUT2D eigenvalue weighted by Gasteiger charge is -2.22. The minimum atomic E-state index is -0.372. The summed E-state index contributed by atoms with van der Waals surface area (Å²) < 4.78 is 10.0. The Bertz CT molecular complexity index is 478. The van der Waals surface area contributed by atoms with Crippen molar-refractivity contribution >= 4 is 11.9 Å². The number of carbonyl (C=O) groups excluding carboxylic acids is 2. The molecule has 1 aliphatic heterocycles. The Hall–Kier alpha value is -1.88. The predicted molar refractivity (Wildman–Crippen MR) is 78.0 cm³/mol. The summed E-state index contributed by atoms with van der Waals surface area (Å²) in [6.07, 6.45) is 2.48. The van der Waals surface area contributed by atoms with Gasteiger partial charge >= 0.3 is 5.97 Å². The molecule has 2 rings (SSSR count). The summed E-state index contributed by atoms with van der Waals surface area (Å²) in [6, 6.07) is 6.89. The van der Waals surface area contributed by atoms with E-state index in [4.69, 9.17) is 4.74 Å². The van der Waals surface area contributed by atoms with Crippen LogP contribution in [0.5, 0.6) is 0 Å². The smallest absolute Gasteiger partial charge is 0.337 e. The second kappa shape index (κ2) is 7.78. The maximum Gasteiger partial charge on any atom is 0.337 e. The number of methoxy groups -OCH3 is 1. The van der Waals surface area contributed by atoms with Gasteiger partial charge in [0, 0.05) is 13.2 Å². The van der Waals surface area contributed by atoms with Crippen molar-refractivity contribution in [1.82, 2.24) is 5.32 Å². The van der Waals surface area contributed by atoms with Gasteiger partial charge in [0.15, 0.2) is 0 Å². The topological polar surface area (TPSA) is 64.6 Å². The Labute approximate surface area is 124 Å². The van der Waals surface area contributed by atoms with Gasteiger partial charge in [-0.15, -0.1) is 0 Å². The zero-order valence-electron chi connectivity index (χ0n) is 12.3. The number of esters is 1. The molecule has 1 aromatic rings. The fraction of sp³-hybridized carbons (Fsp3) is 0.500. The van der Waals surface area contributed by atoms with Crippen LogP contribution < -0.4 is 5.32 Å². The number of carbonyl (C=O) groups is 2. The molecule has 1 aliphatic rings. The van der Waals surface area contributed by atoms with Gasteiger partial charge in [0.1, 0.15) is 0 Å². The molecule has 21 heavy (non-hydrogen) atoms. The van der Waals surface area contributed by atoms with Crippen LogP contribution in [0.15, 0.2) is 24.3 Å². The van der Waals surface area contributed by atoms with Crippen molar-refractivity contribution in [3.05, 3.63) is 35.4 Å². The molecule has 0 aliphatic carbocycles. The summed E-state index contributed by atoms with van der Waals surface area (Å²) in [7, 11) is 1.35. The summed E-state index contributed by atoms with van der Waals surface area (Å²) in [5, 5.41) is 2.94. The third-order valence-electron chi connectivity index (χ3n) is 3.58. The van der Waals surface area contributed by atoms with Gasteiger partial charge in [0.2, 0.25) is 5.91 Å². The molecule has 5 heteroatoms. The van der Waals surface area contributed by atoms with E-state index in [0.717, 1.165) is 31.6 Å². The maximum atomic E-state index is 11.9. The highest BCUT2D eigenvalue weighted by atomic mass is 16.5. The van der Waals surface area contributed by atoms with E-state index in [2.05, 4.69) is 10.1 Å². The van der Waals surface area contributed by atoms with Crippen molar-refractivity contribution < 1.29 is 19.1 Å². The Morgan fingerprint density at radius 2 is 2.10 bits per heavy atom. The molecule has 1 aromatic carbocycles. The van der Waals surface area contributed by atoms with Gasteiger partial charge < -0.3 is 14.8 Å². The molecule has 1 fully saturated rings. The highest BCUT2D eigenvalue weighted by Gasteiger charge is 2.15. The highest BCUT2D eigenvalue weighted by Crippen LogP contribution is 2.12. The molecule has 1 amide bonds. The zero-order chi connectivity index (χ0) is 15.1. The number of rotatable bonds is 5. The van der Waals surface area contributed by atoms with Crippen LogP contribution in [0.4, 0.5) is 0 Å². The summed E-state index contributed by atoms with van der Waals surface area (Å²) in [6.45, 7) is 2.23. The average molecular weight is 291 g/mol. The predicted octanol–water partition coefficient (Wildman–Crippen LogP) is 1.56. The highest BCUT2D eigenvalue weighted by molar-refractivity contribution is 5.89. The first kappa shape index (κ1) is 15.5. The van der Waals surface area contributed by atoms with E-state index in [1.54, 1.807) is 24.3 Å². The molecule has 0 aromatic heterocycles. The molecule has 114 valence electrons. The second-order valence-electron chi connectivity index (χ2n) is 5.25. The Morgan fingerprint density at radius 3 is 2.71 bits per heavy atom. The van der Waals surface area contributed by atoms with E-state index < -0.39 is 0 Å². The van der Waals surface area contributed by atoms with Crippen molar-refractivity contribution in [2.75, 3.05) is 26.9 Å². The SMILES string of the molecule is COC(=O)c1ccc(CC(=O)NC[C@@H]2CCCOC2)cc1. The van der Waals surface area contributed by atoms with E-state index in [9.17, 15) is 9.59 Å². The third-order valence-corrected chi connectivity index (χ3v) is 3.58. The zero-order valence-corrected chi connectivity index (χ0v) is 12.3. The van der Waals surface area contributed by atoms with Crippen LogP contribution in [-0.2, 0) is 20.7 Å². The van der Waals surface area contributed by atoms with Gasteiger partial charge in [0.05, 0.1) is 25.7 Å². The van der Waals surface area contributed by atoms with E-state index in [1.165, 1.54) is 7.11 Å². The van der Waals surface area contributed by atoms with Crippen LogP contribution in [0.25, 0.3) is 0 Å². The summed E-state index contributed by atoms with van der Waals surface area (Å²) in [5.41, 5.74) is 1.36. The molecule has 1 saturated heterocycles. The van der Waals surface area contributed by atoms with Crippen molar-refractivity contribution in [1.29, 1.82) is 0 Å². The molecular formula is C16H21NO4. The van der Waals surface area contributed by atoms with Gasteiger partial charge in [-0.05, 0) is 36.5 Å². The average Bonchev–Trinajstić information content (AvgIpc) is 2.54. The lowest BCUT2D eigenvalue weighted by atomic mass is 10.0. The number of nitrogens with one attached hydrogen (secondary N) is 1. The summed E-state index contributed by atoms with van der Waals surface area (Å²) in [4.78, 5) is 23.2. The fourth-order valence-electron chi connectivity index (χ4n) is 2.35. The Kier molecular flexibility index (Phi) is 5.75. The van der Waals surface area contributed by atoms with Crippen molar-refractivity contribution in [2.45, 2.75) is 19.3 Å². The minimum absolute atomic E-state index is 0.00797. The lowest BCUT2D eigenvalue weighted by Crippen LogP contribution is -2.34. The molecule has 1 N–H and O–H groups in total. The monoisotopic (exact) mass is 291 g/mol. The van der Waals surface area contributed by atoms with Gasteiger partial charge in [0.25, 0.3) is 0 Å². The van der Waals surface area contributed by atoms with Crippen molar-refractivity contribution in [2.24, 2.45) is 5.92 Å². The number of amides is 1. The number of ether oxygens (including phenoxy) is 2. The van der Waals surface area contributed by atoms with Crippen LogP contribution in [0, 0.1) is 5.92 Å². The summed E-state index contributed by atoms with van der Waals surface area (Å²) >= 11 is 0. The molecule has 0 saturated carbocycles. The van der Waals surface area contributed by atoms with Gasteiger partial charge in [-0.2, -0.15) is 0 Å². The lowest BCUT2D eigenvalue weighted by molar-refractivity contribution is -0.120. The molecule has 0 bridgehead atoms. The fourth-order valence-corrected chi connectivity index (χ4v) is 2.35. The first-order valence-corrected chi connectivity index (χ1v) is 7.20. The second-order valence-corrected chi connectivity index (χ2v) is 5.25. The Morgan fingerprint density at radius 1 is 1.33 bits per heavy atom. The molecule has 1 atom stereocenters. The van der Waals surface area contributed by atoms with Gasteiger partial charge in [-0.3, -0.25) is 4.79 Å². The molecule has 0 unspecified atom stereocenters. The molecule has 5 nitrogen and oxygen atoms in total. The largest absolute Gasteiger partial charge is 0.465 e. The van der Waals surface area contributed by atoms with Crippen LogP contribution >= 0.6 is 0 Å². The van der Waals surface area contributed by atoms with Crippen LogP contribution in [-0.4, -0.2) is 38.7 Å². The van der Waals surface area contributed by atoms with Crippen LogP contribution in [0.3, 0.4) is 0 Å². The van der Waals surface area contributed by atoms with E-state index in [-0.39, 0.29) is 11.9 Å². The van der Waals surface area contributed by atoms with E-state index in [1.807, 2.05) is 0 Å². The van der Waals surface area contributed by atoms with Gasteiger partial charge in [-0.1, -0.05) is 12.1 Å². The van der Waals surface area contributed by atoms with E-state index in [0.29, 0.717) is 24.4 Å². The number of hydrogen-bond acceptors (Lipinski definition) is 4. The van der Waals surface area contributed by atoms with Crippen LogP contribution in [0.1, 0.15) is 28.8 Å². The first-order chi connectivity index (χ1) is 10.2. The summed E-state index contributed by atoms with van der Waals surface area (Å²) in [5.74, 6) is 0.0408. The molecule has 0 spiro atoms. The Balaban J connectivity index is 1.77. The molecule has 1 heterocycles.